The van der Waals surface area contributed by atoms with Crippen LogP contribution in [0.2, 0.25) is 0 Å². The Morgan fingerprint density at radius 1 is 1.35 bits per heavy atom. The minimum absolute atomic E-state index is 0.161. The van der Waals surface area contributed by atoms with Crippen LogP contribution in [-0.4, -0.2) is 25.7 Å². The molecule has 0 aliphatic rings. The lowest BCUT2D eigenvalue weighted by atomic mass is 10.1. The fourth-order valence-electron chi connectivity index (χ4n) is 1.60. The normalized spacial score (nSPS) is 10.1. The van der Waals surface area contributed by atoms with E-state index in [1.54, 1.807) is 0 Å². The van der Waals surface area contributed by atoms with Crippen LogP contribution in [-0.2, 0) is 14.4 Å². The molecular weight excluding hydrogens is 242 g/mol. The van der Waals surface area contributed by atoms with Gasteiger partial charge in [-0.15, -0.1) is 11.6 Å². The van der Waals surface area contributed by atoms with Crippen molar-refractivity contribution in [1.82, 2.24) is 0 Å². The van der Waals surface area contributed by atoms with E-state index in [2.05, 4.69) is 0 Å². The van der Waals surface area contributed by atoms with E-state index in [4.69, 9.17) is 21.2 Å². The Bertz CT molecular complexity index is 375. The molecule has 0 bridgehead atoms. The molecule has 17 heavy (non-hydrogen) atoms. The second-order valence-electron chi connectivity index (χ2n) is 3.63. The molecule has 0 N–H and O–H groups in total. The number of hydrogen-bond donors (Lipinski definition) is 0. The van der Waals surface area contributed by atoms with Crippen LogP contribution < -0.4 is 5.06 Å². The van der Waals surface area contributed by atoms with E-state index in [1.807, 2.05) is 32.0 Å². The number of benzene rings is 1. The van der Waals surface area contributed by atoms with Gasteiger partial charge in [0.1, 0.15) is 5.88 Å². The van der Waals surface area contributed by atoms with Crippen molar-refractivity contribution in [2.45, 2.75) is 13.8 Å². The van der Waals surface area contributed by atoms with E-state index in [0.717, 1.165) is 16.8 Å². The number of halogens is 1. The average Bonchev–Trinajstić information content (AvgIpc) is 2.28. The second kappa shape index (κ2) is 6.47. The van der Waals surface area contributed by atoms with Crippen molar-refractivity contribution >= 4 is 23.3 Å². The minimum atomic E-state index is -0.508. The second-order valence-corrected chi connectivity index (χ2v) is 3.90. The summed E-state index contributed by atoms with van der Waals surface area (Å²) >= 11 is 5.42. The van der Waals surface area contributed by atoms with Gasteiger partial charge < -0.3 is 9.57 Å². The molecule has 0 saturated carbocycles. The molecule has 0 radical (unpaired) electrons. The molecule has 0 unspecified atom stereocenters. The van der Waals surface area contributed by atoms with Gasteiger partial charge in [-0.2, -0.15) is 5.06 Å². The third kappa shape index (κ3) is 3.61. The van der Waals surface area contributed by atoms with Gasteiger partial charge in [0.15, 0.2) is 6.73 Å². The van der Waals surface area contributed by atoms with Crippen LogP contribution >= 0.6 is 11.6 Å². The summed E-state index contributed by atoms with van der Waals surface area (Å²) in [5, 5.41) is 1.41. The van der Waals surface area contributed by atoms with Gasteiger partial charge in [-0.1, -0.05) is 18.2 Å². The summed E-state index contributed by atoms with van der Waals surface area (Å²) in [5.74, 6) is -0.697. The quantitative estimate of drug-likeness (QED) is 0.461. The molecule has 0 spiro atoms. The Morgan fingerprint density at radius 3 is 2.41 bits per heavy atom. The Labute approximate surface area is 106 Å². The van der Waals surface area contributed by atoms with E-state index < -0.39 is 5.97 Å². The van der Waals surface area contributed by atoms with Crippen molar-refractivity contribution in [3.63, 3.8) is 0 Å². The highest BCUT2D eigenvalue weighted by Gasteiger charge is 2.16. The van der Waals surface area contributed by atoms with Crippen molar-refractivity contribution in [2.75, 3.05) is 24.8 Å². The Balaban J connectivity index is 3.00. The van der Waals surface area contributed by atoms with Crippen LogP contribution in [0.3, 0.4) is 0 Å². The summed E-state index contributed by atoms with van der Waals surface area (Å²) in [4.78, 5) is 16.4. The molecule has 0 aliphatic carbocycles. The van der Waals surface area contributed by atoms with Crippen LogP contribution in [0.15, 0.2) is 18.2 Å². The number of alkyl halides is 1. The largest absolute Gasteiger partial charge is 0.361 e. The predicted octanol–water partition coefficient (Wildman–Crippen LogP) is 2.41. The van der Waals surface area contributed by atoms with Crippen LogP contribution in [0.5, 0.6) is 0 Å². The number of rotatable bonds is 5. The summed E-state index contributed by atoms with van der Waals surface area (Å²) < 4.78 is 5.02. The lowest BCUT2D eigenvalue weighted by Crippen LogP contribution is -2.30. The molecule has 5 heteroatoms. The third-order valence-corrected chi connectivity index (χ3v) is 2.47. The highest BCUT2D eigenvalue weighted by atomic mass is 35.5. The predicted molar refractivity (Wildman–Crippen MR) is 67.1 cm³/mol. The van der Waals surface area contributed by atoms with Crippen molar-refractivity contribution in [3.8, 4) is 0 Å². The topological polar surface area (TPSA) is 38.8 Å². The molecule has 1 aromatic carbocycles. The zero-order valence-corrected chi connectivity index (χ0v) is 11.0. The summed E-state index contributed by atoms with van der Waals surface area (Å²) in [6, 6.07) is 5.83. The maximum atomic E-state index is 11.2. The first-order valence-corrected chi connectivity index (χ1v) is 5.73. The van der Waals surface area contributed by atoms with Gasteiger partial charge in [-0.05, 0) is 25.0 Å². The highest BCUT2D eigenvalue weighted by molar-refractivity contribution is 6.26. The first kappa shape index (κ1) is 13.8. The third-order valence-electron chi connectivity index (χ3n) is 2.26. The molecule has 0 fully saturated rings. The summed E-state index contributed by atoms with van der Waals surface area (Å²) in [7, 11) is 1.54. The van der Waals surface area contributed by atoms with Gasteiger partial charge in [0.2, 0.25) is 0 Å². The lowest BCUT2D eigenvalue weighted by molar-refractivity contribution is -0.144. The van der Waals surface area contributed by atoms with Crippen LogP contribution in [0.25, 0.3) is 0 Å². The van der Waals surface area contributed by atoms with Crippen LogP contribution in [0, 0.1) is 13.8 Å². The highest BCUT2D eigenvalue weighted by Crippen LogP contribution is 2.24. The molecule has 0 heterocycles. The maximum absolute atomic E-state index is 11.2. The Morgan fingerprint density at radius 2 is 1.94 bits per heavy atom. The smallest absolute Gasteiger partial charge is 0.347 e. The van der Waals surface area contributed by atoms with Gasteiger partial charge in [0.05, 0.1) is 5.69 Å². The molecular formula is C12H16ClNO3. The molecule has 94 valence electrons. The molecule has 1 rings (SSSR count). The van der Waals surface area contributed by atoms with Gasteiger partial charge in [0, 0.05) is 7.11 Å². The van der Waals surface area contributed by atoms with E-state index in [-0.39, 0.29) is 12.6 Å². The van der Waals surface area contributed by atoms with Crippen molar-refractivity contribution in [3.05, 3.63) is 29.3 Å². The van der Waals surface area contributed by atoms with E-state index in [1.165, 1.54) is 12.2 Å². The molecule has 4 nitrogen and oxygen atoms in total. The molecule has 0 aliphatic heterocycles. The van der Waals surface area contributed by atoms with E-state index in [0.29, 0.717) is 0 Å². The van der Waals surface area contributed by atoms with Gasteiger partial charge in [0.25, 0.3) is 0 Å². The van der Waals surface area contributed by atoms with Crippen molar-refractivity contribution in [1.29, 1.82) is 0 Å². The number of anilines is 1. The van der Waals surface area contributed by atoms with Gasteiger partial charge >= 0.3 is 5.97 Å². The van der Waals surface area contributed by atoms with Crippen molar-refractivity contribution < 1.29 is 14.4 Å². The minimum Gasteiger partial charge on any atom is -0.361 e. The van der Waals surface area contributed by atoms with E-state index in [9.17, 15) is 4.79 Å². The fraction of sp³-hybridized carbons (Fsp3) is 0.417. The van der Waals surface area contributed by atoms with E-state index >= 15 is 0 Å². The number of methoxy groups -OCH3 is 1. The molecule has 0 aromatic heterocycles. The van der Waals surface area contributed by atoms with Crippen LogP contribution in [0.1, 0.15) is 11.1 Å². The number of para-hydroxylation sites is 1. The number of ether oxygens (including phenoxy) is 1. The first-order chi connectivity index (χ1) is 8.10. The molecule has 0 amide bonds. The Hall–Kier alpha value is -1.26. The van der Waals surface area contributed by atoms with Gasteiger partial charge in [-0.25, -0.2) is 4.79 Å². The number of carbonyl (C=O) groups excluding carboxylic acids is 1. The Kier molecular flexibility index (Phi) is 5.25. The standard InChI is InChI=1S/C12H16ClNO3/c1-9-5-4-6-10(2)12(9)14(8-16-3)17-11(15)7-13/h4-6H,7-8H2,1-3H3. The number of nitrogens with zero attached hydrogens (tertiary/aromatic N) is 1. The summed E-state index contributed by atoms with van der Waals surface area (Å²) in [6.07, 6.45) is 0. The number of hydrogen-bond acceptors (Lipinski definition) is 4. The molecule has 0 atom stereocenters. The number of hydroxylamine groups is 1. The van der Waals surface area contributed by atoms with Gasteiger partial charge in [-0.3, -0.25) is 0 Å². The average molecular weight is 258 g/mol. The fourth-order valence-corrected chi connectivity index (χ4v) is 1.65. The molecule has 1 aromatic rings. The number of carbonyl (C=O) groups is 1. The summed E-state index contributed by atoms with van der Waals surface area (Å²) in [5.41, 5.74) is 2.83. The first-order valence-electron chi connectivity index (χ1n) is 5.19. The monoisotopic (exact) mass is 257 g/mol. The zero-order chi connectivity index (χ0) is 12.8. The SMILES string of the molecule is COCN(OC(=O)CCl)c1c(C)cccc1C. The lowest BCUT2D eigenvalue weighted by Gasteiger charge is -2.25. The number of aryl methyl sites for hydroxylation is 2. The van der Waals surface area contributed by atoms with Crippen LogP contribution in [0.4, 0.5) is 5.69 Å². The maximum Gasteiger partial charge on any atom is 0.347 e. The molecule has 0 saturated heterocycles. The zero-order valence-electron chi connectivity index (χ0n) is 10.2. The van der Waals surface area contributed by atoms with Crippen molar-refractivity contribution in [2.24, 2.45) is 0 Å². The summed E-state index contributed by atoms with van der Waals surface area (Å²) in [6.45, 7) is 4.05.